The number of carbonyl (C=O) groups is 2. The van der Waals surface area contributed by atoms with Crippen LogP contribution in [0.15, 0.2) is 60.8 Å². The molecule has 0 aliphatic heterocycles. The lowest BCUT2D eigenvalue weighted by Gasteiger charge is -2.25. The maximum absolute atomic E-state index is 12.6. The Labute approximate surface area is 225 Å². The van der Waals surface area contributed by atoms with Gasteiger partial charge in [0, 0.05) is 6.20 Å². The fourth-order valence-corrected chi connectivity index (χ4v) is 5.38. The normalized spacial score (nSPS) is 12.7. The van der Waals surface area contributed by atoms with Crippen molar-refractivity contribution < 1.29 is 14.3 Å². The lowest BCUT2D eigenvalue weighted by Crippen LogP contribution is -2.34. The largest absolute Gasteiger partial charge is 0.497 e. The Morgan fingerprint density at radius 1 is 1.11 bits per heavy atom. The number of methoxy groups -OCH3 is 1. The van der Waals surface area contributed by atoms with Gasteiger partial charge in [-0.1, -0.05) is 18.2 Å². The van der Waals surface area contributed by atoms with Crippen LogP contribution in [-0.2, 0) is 0 Å². The van der Waals surface area contributed by atoms with Crippen molar-refractivity contribution in [1.82, 2.24) is 20.2 Å². The molecule has 10 nitrogen and oxygen atoms in total. The van der Waals surface area contributed by atoms with Crippen LogP contribution in [0.1, 0.15) is 46.0 Å². The van der Waals surface area contributed by atoms with E-state index < -0.39 is 6.03 Å². The summed E-state index contributed by atoms with van der Waals surface area (Å²) in [5.74, 6) is 0.408. The van der Waals surface area contributed by atoms with Gasteiger partial charge in [0.2, 0.25) is 0 Å². The third-order valence-corrected chi connectivity index (χ3v) is 7.32. The molecule has 0 saturated carbocycles. The average molecular weight is 534 g/mol. The summed E-state index contributed by atoms with van der Waals surface area (Å²) in [6, 6.07) is 15.2. The van der Waals surface area contributed by atoms with Gasteiger partial charge in [-0.3, -0.25) is 9.78 Å². The molecule has 0 fully saturated rings. The molecule has 0 aliphatic rings. The molecule has 4 rings (SSSR count). The van der Waals surface area contributed by atoms with E-state index in [1.165, 1.54) is 0 Å². The standard InChI is InChI=1S/C27H31N7O3S/c1-34(2)23(26-32-21-11-9-17(37-3)14-24(21)38-26)13-12-19(33-27(29)36)16-8-10-22(30-15-16)25(35)31-20-7-5-4-6-18(20)28/h4-11,14-15,19,23H,12-13,28H2,1-3H3,(H,31,35)(H3,29,33,36). The molecule has 0 spiro atoms. The molecule has 4 aromatic rings. The third kappa shape index (κ3) is 6.36. The lowest BCUT2D eigenvalue weighted by atomic mass is 10.00. The van der Waals surface area contributed by atoms with E-state index in [-0.39, 0.29) is 23.7 Å². The Morgan fingerprint density at radius 3 is 2.55 bits per heavy atom. The summed E-state index contributed by atoms with van der Waals surface area (Å²) >= 11 is 1.62. The van der Waals surface area contributed by atoms with Crippen LogP contribution in [0.4, 0.5) is 16.2 Å². The first-order valence-corrected chi connectivity index (χ1v) is 12.9. The second kappa shape index (κ2) is 11.9. The van der Waals surface area contributed by atoms with E-state index in [9.17, 15) is 9.59 Å². The molecule has 2 aromatic heterocycles. The molecule has 198 valence electrons. The van der Waals surface area contributed by atoms with Crippen LogP contribution < -0.4 is 26.8 Å². The summed E-state index contributed by atoms with van der Waals surface area (Å²) in [6.07, 6.45) is 2.86. The second-order valence-electron chi connectivity index (χ2n) is 9.02. The van der Waals surface area contributed by atoms with Gasteiger partial charge in [-0.15, -0.1) is 11.3 Å². The number of aromatic nitrogens is 2. The highest BCUT2D eigenvalue weighted by molar-refractivity contribution is 7.18. The first-order chi connectivity index (χ1) is 18.2. The molecular weight excluding hydrogens is 502 g/mol. The van der Waals surface area contributed by atoms with E-state index in [0.717, 1.165) is 26.5 Å². The van der Waals surface area contributed by atoms with Gasteiger partial charge in [-0.05, 0) is 68.9 Å². The highest BCUT2D eigenvalue weighted by Crippen LogP contribution is 2.34. The number of para-hydroxylation sites is 2. The minimum Gasteiger partial charge on any atom is -0.497 e. The smallest absolute Gasteiger partial charge is 0.312 e. The number of hydrogen-bond acceptors (Lipinski definition) is 8. The van der Waals surface area contributed by atoms with Gasteiger partial charge in [0.1, 0.15) is 16.5 Å². The number of primary amides is 1. The van der Waals surface area contributed by atoms with Crippen molar-refractivity contribution in [2.24, 2.45) is 5.73 Å². The number of amides is 3. The molecule has 2 heterocycles. The van der Waals surface area contributed by atoms with Gasteiger partial charge in [0.25, 0.3) is 5.91 Å². The predicted molar refractivity (Wildman–Crippen MR) is 150 cm³/mol. The SMILES string of the molecule is COc1ccc2nc(C(CCC(NC(N)=O)c3ccc(C(=O)Nc4ccccc4N)nc3)N(C)C)sc2c1. The molecule has 0 aliphatic carbocycles. The van der Waals surface area contributed by atoms with Crippen LogP contribution in [0, 0.1) is 0 Å². The van der Waals surface area contributed by atoms with Gasteiger partial charge in [0.05, 0.1) is 40.8 Å². The zero-order chi connectivity index (χ0) is 27.2. The van der Waals surface area contributed by atoms with Crippen LogP contribution in [0.25, 0.3) is 10.2 Å². The Bertz CT molecular complexity index is 1420. The molecule has 0 radical (unpaired) electrons. The zero-order valence-electron chi connectivity index (χ0n) is 21.5. The van der Waals surface area contributed by atoms with E-state index in [1.54, 1.807) is 61.0 Å². The Balaban J connectivity index is 1.49. The van der Waals surface area contributed by atoms with Gasteiger partial charge in [-0.25, -0.2) is 9.78 Å². The first kappa shape index (κ1) is 26.8. The molecule has 2 atom stereocenters. The van der Waals surface area contributed by atoms with E-state index >= 15 is 0 Å². The van der Waals surface area contributed by atoms with E-state index in [0.29, 0.717) is 24.2 Å². The maximum atomic E-state index is 12.6. The van der Waals surface area contributed by atoms with E-state index in [4.69, 9.17) is 21.2 Å². The summed E-state index contributed by atoms with van der Waals surface area (Å²) in [5, 5.41) is 6.54. The second-order valence-corrected chi connectivity index (χ2v) is 10.1. The number of nitrogens with zero attached hydrogens (tertiary/aromatic N) is 3. The molecular formula is C27H31N7O3S. The summed E-state index contributed by atoms with van der Waals surface area (Å²) in [6.45, 7) is 0. The van der Waals surface area contributed by atoms with E-state index in [1.807, 2.05) is 32.3 Å². The van der Waals surface area contributed by atoms with Crippen LogP contribution in [0.2, 0.25) is 0 Å². The number of urea groups is 1. The van der Waals surface area contributed by atoms with Crippen LogP contribution in [0.5, 0.6) is 5.75 Å². The number of benzene rings is 2. The number of nitrogens with two attached hydrogens (primary N) is 2. The number of pyridine rings is 1. The molecule has 0 bridgehead atoms. The number of nitrogens with one attached hydrogen (secondary N) is 2. The van der Waals surface area contributed by atoms with Crippen molar-refractivity contribution in [3.05, 3.63) is 77.1 Å². The number of thiazole rings is 1. The number of ether oxygens (including phenoxy) is 1. The number of carbonyl (C=O) groups excluding carboxylic acids is 2. The van der Waals surface area contributed by atoms with Crippen molar-refractivity contribution >= 4 is 44.9 Å². The Kier molecular flexibility index (Phi) is 8.39. The summed E-state index contributed by atoms with van der Waals surface area (Å²) in [7, 11) is 5.65. The lowest BCUT2D eigenvalue weighted by molar-refractivity contribution is 0.102. The Hall–Kier alpha value is -4.22. The third-order valence-electron chi connectivity index (χ3n) is 6.20. The average Bonchev–Trinajstić information content (AvgIpc) is 3.32. The van der Waals surface area contributed by atoms with Gasteiger partial charge in [0.15, 0.2) is 0 Å². The molecule has 11 heteroatoms. The molecule has 0 saturated heterocycles. The van der Waals surface area contributed by atoms with Crippen LogP contribution >= 0.6 is 11.3 Å². The fraction of sp³-hybridized carbons (Fsp3) is 0.259. The molecule has 6 N–H and O–H groups in total. The topological polar surface area (TPSA) is 148 Å². The van der Waals surface area contributed by atoms with Crippen LogP contribution in [-0.4, -0.2) is 48.0 Å². The maximum Gasteiger partial charge on any atom is 0.312 e. The molecule has 2 unspecified atom stereocenters. The van der Waals surface area contributed by atoms with Gasteiger partial charge in [-0.2, -0.15) is 0 Å². The van der Waals surface area contributed by atoms with E-state index in [2.05, 4.69) is 20.5 Å². The summed E-state index contributed by atoms with van der Waals surface area (Å²) in [4.78, 5) is 35.7. The number of nitrogen functional groups attached to an aromatic ring is 1. The van der Waals surface area contributed by atoms with Crippen LogP contribution in [0.3, 0.4) is 0 Å². The number of rotatable bonds is 10. The number of hydrogen-bond donors (Lipinski definition) is 4. The zero-order valence-corrected chi connectivity index (χ0v) is 22.3. The van der Waals surface area contributed by atoms with Crippen molar-refractivity contribution in [1.29, 1.82) is 0 Å². The number of anilines is 2. The van der Waals surface area contributed by atoms with Crippen molar-refractivity contribution in [2.75, 3.05) is 32.3 Å². The molecule has 2 aromatic carbocycles. The minimum atomic E-state index is -0.634. The Morgan fingerprint density at radius 2 is 1.89 bits per heavy atom. The first-order valence-electron chi connectivity index (χ1n) is 12.0. The fourth-order valence-electron chi connectivity index (χ4n) is 4.16. The summed E-state index contributed by atoms with van der Waals surface area (Å²) in [5.41, 5.74) is 14.3. The quantitative estimate of drug-likeness (QED) is 0.222. The van der Waals surface area contributed by atoms with Crippen molar-refractivity contribution in [3.8, 4) is 5.75 Å². The highest BCUT2D eigenvalue weighted by atomic mass is 32.1. The van der Waals surface area contributed by atoms with Crippen molar-refractivity contribution in [2.45, 2.75) is 24.9 Å². The summed E-state index contributed by atoms with van der Waals surface area (Å²) < 4.78 is 6.39. The van der Waals surface area contributed by atoms with Crippen molar-refractivity contribution in [3.63, 3.8) is 0 Å². The number of fused-ring (bicyclic) bond motifs is 1. The van der Waals surface area contributed by atoms with Gasteiger partial charge >= 0.3 is 6.03 Å². The predicted octanol–water partition coefficient (Wildman–Crippen LogP) is 4.33. The monoisotopic (exact) mass is 533 g/mol. The highest BCUT2D eigenvalue weighted by Gasteiger charge is 2.23. The molecule has 3 amide bonds. The molecule has 38 heavy (non-hydrogen) atoms. The minimum absolute atomic E-state index is 0.0184. The van der Waals surface area contributed by atoms with Gasteiger partial charge < -0.3 is 31.7 Å².